The normalized spacial score (nSPS) is 12.3. The standard InChI is InChI=1S/C11H13F3N6.C3H6.C2H6/c1-3-15-9-7(11(12,13)14)4-16-10(19-9)18-8-5-17-20-6(8)2;1-2-3-1;1-2/h4-5H,3H2,1-2H3,(H,17,20)(H2,15,16,18,19);1-3H2;1-2H3. The highest BCUT2D eigenvalue weighted by Crippen LogP contribution is 2.34. The van der Waals surface area contributed by atoms with E-state index in [9.17, 15) is 13.2 Å². The van der Waals surface area contributed by atoms with Gasteiger partial charge in [-0.25, -0.2) is 4.98 Å². The Labute approximate surface area is 145 Å². The second-order valence-corrected chi connectivity index (χ2v) is 5.08. The first-order valence-electron chi connectivity index (χ1n) is 8.37. The number of anilines is 3. The molecule has 1 aliphatic rings. The van der Waals surface area contributed by atoms with Gasteiger partial charge in [0.2, 0.25) is 5.95 Å². The average Bonchev–Trinajstić information content (AvgIpc) is 3.40. The van der Waals surface area contributed by atoms with E-state index in [0.717, 1.165) is 11.9 Å². The highest BCUT2D eigenvalue weighted by molar-refractivity contribution is 5.57. The minimum atomic E-state index is -4.50. The molecule has 1 aliphatic carbocycles. The molecule has 6 nitrogen and oxygen atoms in total. The van der Waals surface area contributed by atoms with Crippen LogP contribution < -0.4 is 10.6 Å². The first-order valence-corrected chi connectivity index (χ1v) is 8.37. The molecule has 0 radical (unpaired) electrons. The molecule has 1 fully saturated rings. The maximum atomic E-state index is 12.8. The smallest absolute Gasteiger partial charge is 0.370 e. The summed E-state index contributed by atoms with van der Waals surface area (Å²) in [5.41, 5.74) is 0.444. The highest BCUT2D eigenvalue weighted by Gasteiger charge is 2.35. The predicted molar refractivity (Wildman–Crippen MR) is 93.0 cm³/mol. The van der Waals surface area contributed by atoms with E-state index < -0.39 is 11.7 Å². The topological polar surface area (TPSA) is 78.5 Å². The van der Waals surface area contributed by atoms with E-state index in [2.05, 4.69) is 30.8 Å². The summed E-state index contributed by atoms with van der Waals surface area (Å²) in [5, 5.41) is 11.9. The van der Waals surface area contributed by atoms with E-state index in [1.165, 1.54) is 25.5 Å². The molecule has 3 rings (SSSR count). The number of nitrogens with zero attached hydrogens (tertiary/aromatic N) is 3. The second kappa shape index (κ2) is 9.85. The van der Waals surface area contributed by atoms with Crippen molar-refractivity contribution < 1.29 is 13.2 Å². The molecule has 0 spiro atoms. The molecule has 9 heteroatoms. The molecule has 3 N–H and O–H groups in total. The average molecular weight is 358 g/mol. The third kappa shape index (κ3) is 6.98. The number of aryl methyl sites for hydroxylation is 1. The number of H-pyrrole nitrogens is 1. The molecule has 0 saturated heterocycles. The third-order valence-electron chi connectivity index (χ3n) is 2.87. The lowest BCUT2D eigenvalue weighted by atomic mass is 10.3. The number of hydrogen-bond donors (Lipinski definition) is 3. The SMILES string of the molecule is C1CC1.CC.CCNc1nc(Nc2cn[nH]c2C)ncc1C(F)(F)F. The lowest BCUT2D eigenvalue weighted by Gasteiger charge is -2.13. The Hall–Kier alpha value is -2.32. The van der Waals surface area contributed by atoms with Crippen LogP contribution in [0.3, 0.4) is 0 Å². The molecule has 0 unspecified atom stereocenters. The van der Waals surface area contributed by atoms with E-state index in [1.54, 1.807) is 13.8 Å². The van der Waals surface area contributed by atoms with Gasteiger partial charge in [0.1, 0.15) is 11.4 Å². The number of aromatic amines is 1. The van der Waals surface area contributed by atoms with Gasteiger partial charge < -0.3 is 10.6 Å². The molecule has 25 heavy (non-hydrogen) atoms. The van der Waals surface area contributed by atoms with Crippen LogP contribution in [0, 0.1) is 6.92 Å². The van der Waals surface area contributed by atoms with Crippen LogP contribution in [0.1, 0.15) is 51.3 Å². The number of alkyl halides is 3. The fourth-order valence-electron chi connectivity index (χ4n) is 1.55. The molecule has 0 atom stereocenters. The first-order chi connectivity index (χ1) is 11.9. The molecule has 2 aromatic heterocycles. The molecule has 0 amide bonds. The van der Waals surface area contributed by atoms with Crippen molar-refractivity contribution in [3.8, 4) is 0 Å². The van der Waals surface area contributed by atoms with Gasteiger partial charge in [0, 0.05) is 12.7 Å². The quantitative estimate of drug-likeness (QED) is 0.724. The Bertz CT molecular complexity index is 634. The van der Waals surface area contributed by atoms with Gasteiger partial charge in [-0.3, -0.25) is 5.10 Å². The van der Waals surface area contributed by atoms with Crippen molar-refractivity contribution in [2.45, 2.75) is 53.1 Å². The first kappa shape index (κ1) is 20.7. The van der Waals surface area contributed by atoms with E-state index in [1.807, 2.05) is 13.8 Å². The van der Waals surface area contributed by atoms with Gasteiger partial charge in [0.05, 0.1) is 17.6 Å². The molecular formula is C16H25F3N6. The lowest BCUT2D eigenvalue weighted by Crippen LogP contribution is -2.14. The minimum absolute atomic E-state index is 0.0680. The van der Waals surface area contributed by atoms with Crippen molar-refractivity contribution >= 4 is 17.5 Å². The summed E-state index contributed by atoms with van der Waals surface area (Å²) in [7, 11) is 0. The van der Waals surface area contributed by atoms with Crippen LogP contribution in [0.5, 0.6) is 0 Å². The van der Waals surface area contributed by atoms with Crippen LogP contribution in [0.25, 0.3) is 0 Å². The summed E-state index contributed by atoms with van der Waals surface area (Å²) in [4.78, 5) is 7.53. The molecule has 0 bridgehead atoms. The summed E-state index contributed by atoms with van der Waals surface area (Å²) < 4.78 is 38.4. The van der Waals surface area contributed by atoms with Gasteiger partial charge in [0.25, 0.3) is 0 Å². The summed E-state index contributed by atoms with van der Waals surface area (Å²) >= 11 is 0. The van der Waals surface area contributed by atoms with Gasteiger partial charge in [-0.15, -0.1) is 0 Å². The number of nitrogens with one attached hydrogen (secondary N) is 3. The van der Waals surface area contributed by atoms with Crippen molar-refractivity contribution in [3.63, 3.8) is 0 Å². The largest absolute Gasteiger partial charge is 0.421 e. The Morgan fingerprint density at radius 2 is 1.80 bits per heavy atom. The Balaban J connectivity index is 0.000000547. The molecule has 1 saturated carbocycles. The van der Waals surface area contributed by atoms with Crippen LogP contribution in [0.15, 0.2) is 12.4 Å². The van der Waals surface area contributed by atoms with Crippen molar-refractivity contribution in [2.75, 3.05) is 17.2 Å². The maximum Gasteiger partial charge on any atom is 0.421 e. The van der Waals surface area contributed by atoms with Crippen LogP contribution in [-0.2, 0) is 6.18 Å². The third-order valence-corrected chi connectivity index (χ3v) is 2.87. The number of rotatable bonds is 4. The predicted octanol–water partition coefficient (Wildman–Crippen LogP) is 4.90. The van der Waals surface area contributed by atoms with Crippen molar-refractivity contribution in [3.05, 3.63) is 23.7 Å². The van der Waals surface area contributed by atoms with Crippen LogP contribution in [-0.4, -0.2) is 26.7 Å². The van der Waals surface area contributed by atoms with Gasteiger partial charge in [-0.1, -0.05) is 33.1 Å². The van der Waals surface area contributed by atoms with Gasteiger partial charge >= 0.3 is 6.18 Å². The molecule has 2 heterocycles. The summed E-state index contributed by atoms with van der Waals surface area (Å²) in [6.45, 7) is 7.78. The summed E-state index contributed by atoms with van der Waals surface area (Å²) in [5.74, 6) is -0.183. The van der Waals surface area contributed by atoms with Crippen LogP contribution >= 0.6 is 0 Å². The van der Waals surface area contributed by atoms with E-state index in [-0.39, 0.29) is 11.8 Å². The second-order valence-electron chi connectivity index (χ2n) is 5.08. The zero-order valence-corrected chi connectivity index (χ0v) is 15.0. The Morgan fingerprint density at radius 1 is 1.16 bits per heavy atom. The number of aromatic nitrogens is 4. The fraction of sp³-hybridized carbons (Fsp3) is 0.562. The fourth-order valence-corrected chi connectivity index (χ4v) is 1.55. The molecular weight excluding hydrogens is 333 g/mol. The summed E-state index contributed by atoms with van der Waals surface area (Å²) in [6.07, 6.45) is 2.26. The Kier molecular flexibility index (Phi) is 8.17. The van der Waals surface area contributed by atoms with E-state index >= 15 is 0 Å². The number of halogens is 3. The van der Waals surface area contributed by atoms with E-state index in [0.29, 0.717) is 12.2 Å². The van der Waals surface area contributed by atoms with Crippen molar-refractivity contribution in [1.29, 1.82) is 0 Å². The molecule has 0 aromatic carbocycles. The maximum absolute atomic E-state index is 12.8. The van der Waals surface area contributed by atoms with Crippen LogP contribution in [0.4, 0.5) is 30.6 Å². The Morgan fingerprint density at radius 3 is 2.24 bits per heavy atom. The van der Waals surface area contributed by atoms with E-state index in [4.69, 9.17) is 0 Å². The van der Waals surface area contributed by atoms with Gasteiger partial charge in [-0.2, -0.15) is 23.3 Å². The zero-order chi connectivity index (χ0) is 18.9. The number of hydrogen-bond acceptors (Lipinski definition) is 5. The van der Waals surface area contributed by atoms with Crippen molar-refractivity contribution in [2.24, 2.45) is 0 Å². The lowest BCUT2D eigenvalue weighted by molar-refractivity contribution is -0.137. The minimum Gasteiger partial charge on any atom is -0.370 e. The summed E-state index contributed by atoms with van der Waals surface area (Å²) in [6, 6.07) is 0. The molecule has 0 aliphatic heterocycles. The molecule has 2 aromatic rings. The van der Waals surface area contributed by atoms with Crippen LogP contribution in [0.2, 0.25) is 0 Å². The monoisotopic (exact) mass is 358 g/mol. The highest BCUT2D eigenvalue weighted by atomic mass is 19.4. The van der Waals surface area contributed by atoms with Gasteiger partial charge in [-0.05, 0) is 13.8 Å². The zero-order valence-electron chi connectivity index (χ0n) is 15.0. The van der Waals surface area contributed by atoms with Gasteiger partial charge in [0.15, 0.2) is 0 Å². The van der Waals surface area contributed by atoms with Crippen molar-refractivity contribution in [1.82, 2.24) is 20.2 Å². The molecule has 140 valence electrons.